The summed E-state index contributed by atoms with van der Waals surface area (Å²) in [5, 5.41) is 3.51. The number of hydrogen-bond acceptors (Lipinski definition) is 1. The molecule has 0 heterocycles. The molecule has 1 saturated carbocycles. The molecule has 0 amide bonds. The third-order valence-electron chi connectivity index (χ3n) is 2.17. The van der Waals surface area contributed by atoms with Crippen molar-refractivity contribution < 1.29 is 0 Å². The van der Waals surface area contributed by atoms with Crippen LogP contribution in [0.5, 0.6) is 0 Å². The molecule has 0 saturated heterocycles. The first kappa shape index (κ1) is 9.61. The molecule has 0 bridgehead atoms. The van der Waals surface area contributed by atoms with Gasteiger partial charge in [0, 0.05) is 12.5 Å². The summed E-state index contributed by atoms with van der Waals surface area (Å²) in [6, 6.07) is 0.875. The van der Waals surface area contributed by atoms with Crippen molar-refractivity contribution in [2.45, 2.75) is 51.5 Å². The topological polar surface area (TPSA) is 12.0 Å². The van der Waals surface area contributed by atoms with Crippen molar-refractivity contribution in [3.05, 3.63) is 0 Å². The Morgan fingerprint density at radius 3 is 2.75 bits per heavy atom. The second-order valence-electron chi connectivity index (χ2n) is 3.47. The van der Waals surface area contributed by atoms with E-state index in [1.54, 1.807) is 0 Å². The second-order valence-corrected chi connectivity index (χ2v) is 3.47. The van der Waals surface area contributed by atoms with Gasteiger partial charge >= 0.3 is 0 Å². The van der Waals surface area contributed by atoms with Gasteiger partial charge in [0.1, 0.15) is 0 Å². The van der Waals surface area contributed by atoms with Gasteiger partial charge in [-0.1, -0.05) is 6.42 Å². The predicted octanol–water partition coefficient (Wildman–Crippen LogP) is 2.32. The van der Waals surface area contributed by atoms with E-state index in [2.05, 4.69) is 17.2 Å². The van der Waals surface area contributed by atoms with E-state index in [9.17, 15) is 0 Å². The number of unbranched alkanes of at least 4 members (excludes halogenated alkanes) is 3. The lowest BCUT2D eigenvalue weighted by Crippen LogP contribution is -2.17. The highest BCUT2D eigenvalue weighted by Gasteiger charge is 2.19. The predicted molar refractivity (Wildman–Crippen MR) is 52.9 cm³/mol. The molecule has 0 unspecified atom stereocenters. The fourth-order valence-electron chi connectivity index (χ4n) is 1.23. The summed E-state index contributed by atoms with van der Waals surface area (Å²) in [6.07, 6.45) is 7.81. The van der Waals surface area contributed by atoms with Gasteiger partial charge in [0.2, 0.25) is 0 Å². The van der Waals surface area contributed by atoms with Crippen LogP contribution in [0.25, 0.3) is 0 Å². The number of hydrogen-bond donors (Lipinski definition) is 1. The highest BCUT2D eigenvalue weighted by molar-refractivity contribution is 4.94. The van der Waals surface area contributed by atoms with Crippen LogP contribution in [0, 0.1) is 11.8 Å². The van der Waals surface area contributed by atoms with Crippen molar-refractivity contribution in [3.63, 3.8) is 0 Å². The zero-order valence-corrected chi connectivity index (χ0v) is 8.03. The molecule has 12 heavy (non-hydrogen) atoms. The van der Waals surface area contributed by atoms with E-state index in [4.69, 9.17) is 0 Å². The van der Waals surface area contributed by atoms with Gasteiger partial charge in [0.05, 0.1) is 0 Å². The molecule has 1 rings (SSSR count). The Balaban J connectivity index is 1.72. The molecule has 0 aliphatic heterocycles. The SMILES string of the molecule is CC#CCCCCCNC1CC1. The lowest BCUT2D eigenvalue weighted by atomic mass is 10.2. The zero-order valence-electron chi connectivity index (χ0n) is 8.03. The first-order chi connectivity index (χ1) is 5.93. The van der Waals surface area contributed by atoms with Crippen LogP contribution in [0.15, 0.2) is 0 Å². The molecule has 1 fully saturated rings. The monoisotopic (exact) mass is 165 g/mol. The quantitative estimate of drug-likeness (QED) is 0.470. The van der Waals surface area contributed by atoms with Crippen molar-refractivity contribution in [2.24, 2.45) is 0 Å². The Morgan fingerprint density at radius 1 is 1.25 bits per heavy atom. The number of nitrogens with one attached hydrogen (secondary N) is 1. The maximum absolute atomic E-state index is 3.51. The van der Waals surface area contributed by atoms with Crippen molar-refractivity contribution in [1.29, 1.82) is 0 Å². The fourth-order valence-corrected chi connectivity index (χ4v) is 1.23. The average molecular weight is 165 g/mol. The highest BCUT2D eigenvalue weighted by Crippen LogP contribution is 2.18. The number of rotatable bonds is 6. The van der Waals surface area contributed by atoms with Gasteiger partial charge in [-0.15, -0.1) is 11.8 Å². The van der Waals surface area contributed by atoms with Gasteiger partial charge in [-0.2, -0.15) is 0 Å². The van der Waals surface area contributed by atoms with Gasteiger partial charge in [0.15, 0.2) is 0 Å². The first-order valence-electron chi connectivity index (χ1n) is 5.06. The van der Waals surface area contributed by atoms with Gasteiger partial charge in [0.25, 0.3) is 0 Å². The molecular weight excluding hydrogens is 146 g/mol. The van der Waals surface area contributed by atoms with E-state index >= 15 is 0 Å². The Hall–Kier alpha value is -0.480. The Bertz CT molecular complexity index is 160. The summed E-state index contributed by atoms with van der Waals surface area (Å²) in [4.78, 5) is 0. The molecule has 0 aromatic rings. The molecule has 1 heteroatoms. The van der Waals surface area contributed by atoms with E-state index in [-0.39, 0.29) is 0 Å². The molecule has 1 aliphatic rings. The third-order valence-corrected chi connectivity index (χ3v) is 2.17. The molecule has 0 aromatic carbocycles. The summed E-state index contributed by atoms with van der Waals surface area (Å²) in [5.74, 6) is 6.01. The van der Waals surface area contributed by atoms with Crippen molar-refractivity contribution in [3.8, 4) is 11.8 Å². The van der Waals surface area contributed by atoms with Crippen molar-refractivity contribution in [2.75, 3.05) is 6.54 Å². The highest BCUT2D eigenvalue weighted by atomic mass is 14.9. The molecule has 0 atom stereocenters. The summed E-state index contributed by atoms with van der Waals surface area (Å²) >= 11 is 0. The van der Waals surface area contributed by atoms with Crippen LogP contribution < -0.4 is 5.32 Å². The summed E-state index contributed by atoms with van der Waals surface area (Å²) in [6.45, 7) is 3.12. The normalized spacial score (nSPS) is 15.4. The van der Waals surface area contributed by atoms with E-state index in [1.165, 1.54) is 38.6 Å². The van der Waals surface area contributed by atoms with Crippen LogP contribution in [-0.2, 0) is 0 Å². The van der Waals surface area contributed by atoms with Gasteiger partial charge < -0.3 is 5.32 Å². The van der Waals surface area contributed by atoms with Crippen LogP contribution >= 0.6 is 0 Å². The summed E-state index contributed by atoms with van der Waals surface area (Å²) < 4.78 is 0. The lowest BCUT2D eigenvalue weighted by Gasteiger charge is -2.00. The summed E-state index contributed by atoms with van der Waals surface area (Å²) in [5.41, 5.74) is 0. The zero-order chi connectivity index (χ0) is 8.65. The second kappa shape index (κ2) is 6.08. The minimum absolute atomic E-state index is 0.875. The average Bonchev–Trinajstić information content (AvgIpc) is 2.87. The van der Waals surface area contributed by atoms with E-state index in [1.807, 2.05) is 6.92 Å². The van der Waals surface area contributed by atoms with E-state index in [0.29, 0.717) is 0 Å². The fraction of sp³-hybridized carbons (Fsp3) is 0.818. The Kier molecular flexibility index (Phi) is 4.87. The molecule has 0 radical (unpaired) electrons. The van der Waals surface area contributed by atoms with Crippen LogP contribution in [-0.4, -0.2) is 12.6 Å². The largest absolute Gasteiger partial charge is 0.314 e. The van der Waals surface area contributed by atoms with Crippen LogP contribution in [0.4, 0.5) is 0 Å². The molecule has 0 spiro atoms. The van der Waals surface area contributed by atoms with Crippen LogP contribution in [0.1, 0.15) is 45.4 Å². The van der Waals surface area contributed by atoms with Crippen molar-refractivity contribution >= 4 is 0 Å². The first-order valence-corrected chi connectivity index (χ1v) is 5.06. The maximum atomic E-state index is 3.51. The minimum atomic E-state index is 0.875. The van der Waals surface area contributed by atoms with Gasteiger partial charge in [-0.3, -0.25) is 0 Å². The molecule has 0 aromatic heterocycles. The van der Waals surface area contributed by atoms with E-state index in [0.717, 1.165) is 12.5 Å². The molecule has 68 valence electrons. The molecule has 1 nitrogen and oxygen atoms in total. The minimum Gasteiger partial charge on any atom is -0.314 e. The van der Waals surface area contributed by atoms with Crippen LogP contribution in [0.3, 0.4) is 0 Å². The van der Waals surface area contributed by atoms with Gasteiger partial charge in [-0.25, -0.2) is 0 Å². The molecule has 1 aliphatic carbocycles. The smallest absolute Gasteiger partial charge is 0.00885 e. The molecular formula is C11H19N. The standard InChI is InChI=1S/C11H19N/c1-2-3-4-5-6-7-10-12-11-8-9-11/h11-12H,4-10H2,1H3. The summed E-state index contributed by atoms with van der Waals surface area (Å²) in [7, 11) is 0. The Labute approximate surface area is 75.9 Å². The third kappa shape index (κ3) is 5.21. The van der Waals surface area contributed by atoms with Crippen molar-refractivity contribution in [1.82, 2.24) is 5.32 Å². The maximum Gasteiger partial charge on any atom is 0.00885 e. The Morgan fingerprint density at radius 2 is 2.08 bits per heavy atom. The molecule has 1 N–H and O–H groups in total. The van der Waals surface area contributed by atoms with Crippen LogP contribution in [0.2, 0.25) is 0 Å². The van der Waals surface area contributed by atoms with E-state index < -0.39 is 0 Å². The van der Waals surface area contributed by atoms with Gasteiger partial charge in [-0.05, 0) is 39.2 Å². The lowest BCUT2D eigenvalue weighted by molar-refractivity contribution is 0.605.